The molecule has 2 unspecified atom stereocenters. The van der Waals surface area contributed by atoms with Gasteiger partial charge in [0.1, 0.15) is 0 Å². The van der Waals surface area contributed by atoms with E-state index in [1.165, 1.54) is 6.42 Å². The standard InChI is InChI=1S/C13H23N3O2/c1-12-2-4-15(6-8-18-9-7-17)10-13(12)16-5-3-14-11-16/h3,5,11-13,17H,2,4,6-10H2,1H3. The van der Waals surface area contributed by atoms with Crippen molar-refractivity contribution in [3.8, 4) is 0 Å². The van der Waals surface area contributed by atoms with Crippen molar-refractivity contribution in [2.45, 2.75) is 19.4 Å². The van der Waals surface area contributed by atoms with E-state index in [1.54, 1.807) is 0 Å². The van der Waals surface area contributed by atoms with E-state index in [0.717, 1.165) is 19.6 Å². The first-order valence-electron chi connectivity index (χ1n) is 6.69. The fourth-order valence-electron chi connectivity index (χ4n) is 2.53. The van der Waals surface area contributed by atoms with Gasteiger partial charge in [-0.3, -0.25) is 4.90 Å². The number of aliphatic hydroxyl groups excluding tert-OH is 1. The largest absolute Gasteiger partial charge is 0.394 e. The Kier molecular flexibility index (Phi) is 5.16. The first-order valence-corrected chi connectivity index (χ1v) is 6.69. The van der Waals surface area contributed by atoms with Crippen molar-refractivity contribution in [1.29, 1.82) is 0 Å². The Balaban J connectivity index is 1.81. The quantitative estimate of drug-likeness (QED) is 0.761. The Bertz CT molecular complexity index is 329. The van der Waals surface area contributed by atoms with Crippen LogP contribution < -0.4 is 0 Å². The zero-order valence-electron chi connectivity index (χ0n) is 11.0. The van der Waals surface area contributed by atoms with Gasteiger partial charge in [-0.05, 0) is 18.9 Å². The normalized spacial score (nSPS) is 25.4. The van der Waals surface area contributed by atoms with Gasteiger partial charge in [0.15, 0.2) is 0 Å². The van der Waals surface area contributed by atoms with Crippen LogP contribution in [0.3, 0.4) is 0 Å². The lowest BCUT2D eigenvalue weighted by molar-refractivity contribution is 0.0551. The molecule has 1 aromatic rings. The second-order valence-corrected chi connectivity index (χ2v) is 4.98. The van der Waals surface area contributed by atoms with Gasteiger partial charge in [-0.25, -0.2) is 4.98 Å². The molecule has 1 aliphatic heterocycles. The van der Waals surface area contributed by atoms with Crippen LogP contribution in [0.4, 0.5) is 0 Å². The third-order valence-corrected chi connectivity index (χ3v) is 3.70. The molecular formula is C13H23N3O2. The van der Waals surface area contributed by atoms with E-state index in [0.29, 0.717) is 25.2 Å². The second-order valence-electron chi connectivity index (χ2n) is 4.98. The number of imidazole rings is 1. The highest BCUT2D eigenvalue weighted by atomic mass is 16.5. The molecule has 5 heteroatoms. The summed E-state index contributed by atoms with van der Waals surface area (Å²) in [4.78, 5) is 6.57. The summed E-state index contributed by atoms with van der Waals surface area (Å²) in [6.45, 7) is 6.69. The van der Waals surface area contributed by atoms with Gasteiger partial charge in [0.2, 0.25) is 0 Å². The molecule has 0 aromatic carbocycles. The van der Waals surface area contributed by atoms with Crippen LogP contribution in [0.15, 0.2) is 18.7 Å². The number of piperidine rings is 1. The average molecular weight is 253 g/mol. The number of ether oxygens (including phenoxy) is 1. The number of aromatic nitrogens is 2. The van der Waals surface area contributed by atoms with E-state index in [4.69, 9.17) is 9.84 Å². The van der Waals surface area contributed by atoms with Gasteiger partial charge in [0.25, 0.3) is 0 Å². The number of aliphatic hydroxyl groups is 1. The van der Waals surface area contributed by atoms with Crippen molar-refractivity contribution in [2.75, 3.05) is 39.5 Å². The SMILES string of the molecule is CC1CCN(CCOCCO)CC1n1ccnc1. The predicted octanol–water partition coefficient (Wildman–Crippen LogP) is 0.775. The number of nitrogens with zero attached hydrogens (tertiary/aromatic N) is 3. The van der Waals surface area contributed by atoms with Gasteiger partial charge in [0, 0.05) is 31.5 Å². The van der Waals surface area contributed by atoms with E-state index >= 15 is 0 Å². The molecule has 0 bridgehead atoms. The zero-order valence-corrected chi connectivity index (χ0v) is 11.0. The molecule has 2 atom stereocenters. The summed E-state index contributed by atoms with van der Waals surface area (Å²) in [5, 5.41) is 8.66. The first kappa shape index (κ1) is 13.5. The summed E-state index contributed by atoms with van der Waals surface area (Å²) < 4.78 is 7.54. The minimum absolute atomic E-state index is 0.106. The molecule has 0 spiro atoms. The number of hydrogen-bond acceptors (Lipinski definition) is 4. The fraction of sp³-hybridized carbons (Fsp3) is 0.769. The third kappa shape index (κ3) is 3.54. The minimum atomic E-state index is 0.106. The van der Waals surface area contributed by atoms with Crippen molar-refractivity contribution in [3.63, 3.8) is 0 Å². The van der Waals surface area contributed by atoms with E-state index in [1.807, 2.05) is 18.7 Å². The summed E-state index contributed by atoms with van der Waals surface area (Å²) in [5.74, 6) is 0.689. The van der Waals surface area contributed by atoms with E-state index < -0.39 is 0 Å². The number of likely N-dealkylation sites (tertiary alicyclic amines) is 1. The molecule has 1 aliphatic rings. The van der Waals surface area contributed by atoms with Crippen LogP contribution in [0.5, 0.6) is 0 Å². The maximum absolute atomic E-state index is 8.66. The van der Waals surface area contributed by atoms with Crippen LogP contribution in [0, 0.1) is 5.92 Å². The van der Waals surface area contributed by atoms with Gasteiger partial charge < -0.3 is 14.4 Å². The lowest BCUT2D eigenvalue weighted by Crippen LogP contribution is -2.42. The molecule has 1 fully saturated rings. The summed E-state index contributed by atoms with van der Waals surface area (Å²) >= 11 is 0. The lowest BCUT2D eigenvalue weighted by Gasteiger charge is -2.37. The van der Waals surface area contributed by atoms with Crippen LogP contribution in [-0.4, -0.2) is 59.0 Å². The fourth-order valence-corrected chi connectivity index (χ4v) is 2.53. The number of hydrogen-bond donors (Lipinski definition) is 1. The van der Waals surface area contributed by atoms with Crippen LogP contribution >= 0.6 is 0 Å². The van der Waals surface area contributed by atoms with E-state index in [2.05, 4.69) is 21.4 Å². The molecule has 0 saturated carbocycles. The molecule has 102 valence electrons. The Morgan fingerprint density at radius 3 is 3.06 bits per heavy atom. The molecule has 2 rings (SSSR count). The highest BCUT2D eigenvalue weighted by Gasteiger charge is 2.26. The van der Waals surface area contributed by atoms with Gasteiger partial charge in [-0.15, -0.1) is 0 Å². The van der Waals surface area contributed by atoms with Crippen LogP contribution in [0.2, 0.25) is 0 Å². The summed E-state index contributed by atoms with van der Waals surface area (Å²) in [5.41, 5.74) is 0. The summed E-state index contributed by atoms with van der Waals surface area (Å²) in [6, 6.07) is 0.513. The third-order valence-electron chi connectivity index (χ3n) is 3.70. The van der Waals surface area contributed by atoms with Crippen molar-refractivity contribution in [1.82, 2.24) is 14.5 Å². The lowest BCUT2D eigenvalue weighted by atomic mass is 9.93. The summed E-state index contributed by atoms with van der Waals surface area (Å²) in [7, 11) is 0. The van der Waals surface area contributed by atoms with Gasteiger partial charge in [-0.1, -0.05) is 6.92 Å². The van der Waals surface area contributed by atoms with Crippen molar-refractivity contribution in [2.24, 2.45) is 5.92 Å². The monoisotopic (exact) mass is 253 g/mol. The molecule has 1 N–H and O–H groups in total. The van der Waals surface area contributed by atoms with Crippen LogP contribution in [0.25, 0.3) is 0 Å². The zero-order chi connectivity index (χ0) is 12.8. The molecule has 0 amide bonds. The van der Waals surface area contributed by atoms with Gasteiger partial charge in [0.05, 0.1) is 26.1 Å². The van der Waals surface area contributed by atoms with Crippen LogP contribution in [0.1, 0.15) is 19.4 Å². The molecular weight excluding hydrogens is 230 g/mol. The van der Waals surface area contributed by atoms with Gasteiger partial charge in [-0.2, -0.15) is 0 Å². The maximum atomic E-state index is 8.66. The van der Waals surface area contributed by atoms with Crippen molar-refractivity contribution >= 4 is 0 Å². The summed E-state index contributed by atoms with van der Waals surface area (Å²) in [6.07, 6.45) is 7.01. The highest BCUT2D eigenvalue weighted by Crippen LogP contribution is 2.26. The molecule has 0 radical (unpaired) electrons. The Hall–Kier alpha value is -0.910. The average Bonchev–Trinajstić information content (AvgIpc) is 2.90. The van der Waals surface area contributed by atoms with E-state index in [-0.39, 0.29) is 6.61 Å². The molecule has 0 aliphatic carbocycles. The molecule has 2 heterocycles. The topological polar surface area (TPSA) is 50.5 Å². The Morgan fingerprint density at radius 2 is 2.33 bits per heavy atom. The molecule has 18 heavy (non-hydrogen) atoms. The van der Waals surface area contributed by atoms with Crippen molar-refractivity contribution < 1.29 is 9.84 Å². The maximum Gasteiger partial charge on any atom is 0.0949 e. The predicted molar refractivity (Wildman–Crippen MR) is 69.4 cm³/mol. The van der Waals surface area contributed by atoms with Gasteiger partial charge >= 0.3 is 0 Å². The molecule has 1 saturated heterocycles. The Morgan fingerprint density at radius 1 is 1.44 bits per heavy atom. The first-order chi connectivity index (χ1) is 8.81. The molecule has 5 nitrogen and oxygen atoms in total. The minimum Gasteiger partial charge on any atom is -0.394 e. The smallest absolute Gasteiger partial charge is 0.0949 e. The second kappa shape index (κ2) is 6.87. The van der Waals surface area contributed by atoms with E-state index in [9.17, 15) is 0 Å². The van der Waals surface area contributed by atoms with Crippen LogP contribution in [-0.2, 0) is 4.74 Å². The number of rotatable bonds is 6. The Labute approximate surface area is 108 Å². The molecule has 1 aromatic heterocycles. The highest BCUT2D eigenvalue weighted by molar-refractivity contribution is 4.88. The van der Waals surface area contributed by atoms with Crippen molar-refractivity contribution in [3.05, 3.63) is 18.7 Å².